The third kappa shape index (κ3) is 3.86. The summed E-state index contributed by atoms with van der Waals surface area (Å²) in [5.41, 5.74) is 3.01. The van der Waals surface area contributed by atoms with Gasteiger partial charge < -0.3 is 14.2 Å². The van der Waals surface area contributed by atoms with Crippen molar-refractivity contribution in [1.82, 2.24) is 14.4 Å². The van der Waals surface area contributed by atoms with E-state index in [2.05, 4.69) is 30.2 Å². The van der Waals surface area contributed by atoms with Crippen LogP contribution in [0.3, 0.4) is 0 Å². The van der Waals surface area contributed by atoms with Crippen molar-refractivity contribution in [3.8, 4) is 0 Å². The smallest absolute Gasteiger partial charge is 0.251 e. The minimum atomic E-state index is -0.246. The van der Waals surface area contributed by atoms with E-state index in [0.717, 1.165) is 42.9 Å². The molecule has 0 saturated carbocycles. The maximum Gasteiger partial charge on any atom is 0.251 e. The molecule has 6 nitrogen and oxygen atoms in total. The summed E-state index contributed by atoms with van der Waals surface area (Å²) in [6, 6.07) is 2.36. The second-order valence-electron chi connectivity index (χ2n) is 7.77. The lowest BCUT2D eigenvalue weighted by Gasteiger charge is -2.35. The Balaban J connectivity index is 1.55. The number of aromatic nitrogens is 1. The molecule has 1 aromatic heterocycles. The highest BCUT2D eigenvalue weighted by Gasteiger charge is 2.31. The predicted molar refractivity (Wildman–Crippen MR) is 101 cm³/mol. The van der Waals surface area contributed by atoms with E-state index in [1.54, 1.807) is 0 Å². The van der Waals surface area contributed by atoms with E-state index >= 15 is 0 Å². The summed E-state index contributed by atoms with van der Waals surface area (Å²) in [7, 11) is 0. The molecule has 1 unspecified atom stereocenters. The van der Waals surface area contributed by atoms with Crippen LogP contribution in [0, 0.1) is 13.8 Å². The summed E-state index contributed by atoms with van der Waals surface area (Å²) < 4.78 is 7.72. The molecule has 2 fully saturated rings. The molecule has 2 aliphatic rings. The van der Waals surface area contributed by atoms with Crippen molar-refractivity contribution >= 4 is 11.7 Å². The quantitative estimate of drug-likeness (QED) is 0.755. The maximum atomic E-state index is 12.8. The lowest BCUT2D eigenvalue weighted by Crippen LogP contribution is -2.52. The summed E-state index contributed by atoms with van der Waals surface area (Å²) in [6.07, 6.45) is 1.56. The maximum absolute atomic E-state index is 12.8. The number of nitrogens with zero attached hydrogens (tertiary/aromatic N) is 3. The van der Waals surface area contributed by atoms with Crippen LogP contribution in [0.5, 0.6) is 0 Å². The molecule has 0 N–H and O–H groups in total. The van der Waals surface area contributed by atoms with Crippen LogP contribution < -0.4 is 0 Å². The molecule has 0 radical (unpaired) electrons. The lowest BCUT2D eigenvalue weighted by atomic mass is 10.1. The molecule has 2 aliphatic heterocycles. The first-order valence-electron chi connectivity index (χ1n) is 9.73. The Morgan fingerprint density at radius 3 is 2.42 bits per heavy atom. The predicted octanol–water partition coefficient (Wildman–Crippen LogP) is 2.19. The molecule has 6 heteroatoms. The van der Waals surface area contributed by atoms with Gasteiger partial charge in [0.25, 0.3) is 5.91 Å². The Morgan fingerprint density at radius 1 is 1.19 bits per heavy atom. The highest BCUT2D eigenvalue weighted by molar-refractivity contribution is 5.99. The van der Waals surface area contributed by atoms with Crippen LogP contribution in [0.15, 0.2) is 6.07 Å². The van der Waals surface area contributed by atoms with E-state index in [9.17, 15) is 9.59 Å². The van der Waals surface area contributed by atoms with Crippen LogP contribution in [0.4, 0.5) is 0 Å². The number of rotatable bonds is 5. The number of piperazine rings is 1. The molecule has 1 aromatic rings. The molecule has 0 spiro atoms. The Bertz CT molecular complexity index is 666. The second-order valence-corrected chi connectivity index (χ2v) is 7.77. The topological polar surface area (TPSA) is 54.8 Å². The van der Waals surface area contributed by atoms with Crippen molar-refractivity contribution in [2.24, 2.45) is 0 Å². The van der Waals surface area contributed by atoms with Gasteiger partial charge in [-0.1, -0.05) is 0 Å². The third-order valence-electron chi connectivity index (χ3n) is 5.56. The van der Waals surface area contributed by atoms with Crippen LogP contribution in [0.1, 0.15) is 54.5 Å². The van der Waals surface area contributed by atoms with Crippen molar-refractivity contribution in [2.45, 2.75) is 52.7 Å². The van der Waals surface area contributed by atoms with Crippen LogP contribution in [-0.2, 0) is 9.53 Å². The molecule has 2 saturated heterocycles. The first-order valence-corrected chi connectivity index (χ1v) is 9.73. The van der Waals surface area contributed by atoms with Gasteiger partial charge in [0, 0.05) is 55.8 Å². The molecule has 26 heavy (non-hydrogen) atoms. The van der Waals surface area contributed by atoms with Crippen LogP contribution in [0.25, 0.3) is 0 Å². The Labute approximate surface area is 156 Å². The average molecular weight is 361 g/mol. The number of hydrogen-bond donors (Lipinski definition) is 0. The number of ketones is 1. The highest BCUT2D eigenvalue weighted by Crippen LogP contribution is 2.21. The Morgan fingerprint density at radius 2 is 1.88 bits per heavy atom. The van der Waals surface area contributed by atoms with Gasteiger partial charge in [-0.05, 0) is 46.6 Å². The first kappa shape index (κ1) is 19.1. The summed E-state index contributed by atoms with van der Waals surface area (Å²) in [5.74, 6) is 0.290. The minimum absolute atomic E-state index is 0.119. The summed E-state index contributed by atoms with van der Waals surface area (Å²) in [6.45, 7) is 12.3. The Kier molecular flexibility index (Phi) is 5.82. The van der Waals surface area contributed by atoms with E-state index in [1.165, 1.54) is 0 Å². The zero-order valence-corrected chi connectivity index (χ0v) is 16.5. The minimum Gasteiger partial charge on any atom is -0.368 e. The number of aryl methyl sites for hydroxylation is 1. The second kappa shape index (κ2) is 7.92. The molecule has 3 heterocycles. The van der Waals surface area contributed by atoms with Gasteiger partial charge in [0.15, 0.2) is 5.78 Å². The van der Waals surface area contributed by atoms with Gasteiger partial charge in [0.05, 0.1) is 6.54 Å². The molecule has 0 aliphatic carbocycles. The number of carbonyl (C=O) groups is 2. The zero-order valence-electron chi connectivity index (χ0n) is 16.5. The van der Waals surface area contributed by atoms with Crippen molar-refractivity contribution in [3.05, 3.63) is 23.0 Å². The molecule has 1 atom stereocenters. The fourth-order valence-electron chi connectivity index (χ4n) is 4.24. The molecular formula is C20H31N3O3. The van der Waals surface area contributed by atoms with Crippen molar-refractivity contribution in [3.63, 3.8) is 0 Å². The van der Waals surface area contributed by atoms with Crippen LogP contribution in [-0.4, -0.2) is 71.5 Å². The van der Waals surface area contributed by atoms with Gasteiger partial charge >= 0.3 is 0 Å². The fourth-order valence-corrected chi connectivity index (χ4v) is 4.24. The fraction of sp³-hybridized carbons (Fsp3) is 0.700. The van der Waals surface area contributed by atoms with Crippen molar-refractivity contribution < 1.29 is 14.3 Å². The standard InChI is InChI=1S/C20H31N3O3/c1-14(2)23-15(3)12-17(16(23)4)18(24)13-21-7-9-22(10-8-21)20(25)19-6-5-11-26-19/h12,14,19H,5-11,13H2,1-4H3. The highest BCUT2D eigenvalue weighted by atomic mass is 16.5. The summed E-state index contributed by atoms with van der Waals surface area (Å²) >= 11 is 0. The zero-order chi connectivity index (χ0) is 18.8. The van der Waals surface area contributed by atoms with Gasteiger partial charge in [0.1, 0.15) is 6.10 Å². The van der Waals surface area contributed by atoms with Crippen LogP contribution >= 0.6 is 0 Å². The van der Waals surface area contributed by atoms with E-state index in [4.69, 9.17) is 4.74 Å². The van der Waals surface area contributed by atoms with E-state index < -0.39 is 0 Å². The first-order chi connectivity index (χ1) is 12.4. The number of ether oxygens (including phenoxy) is 1. The van der Waals surface area contributed by atoms with E-state index in [1.807, 2.05) is 17.9 Å². The van der Waals surface area contributed by atoms with Crippen LogP contribution in [0.2, 0.25) is 0 Å². The normalized spacial score (nSPS) is 21.6. The Hall–Kier alpha value is -1.66. The number of carbonyl (C=O) groups excluding carboxylic acids is 2. The molecule has 1 amide bonds. The number of hydrogen-bond acceptors (Lipinski definition) is 4. The van der Waals surface area contributed by atoms with Gasteiger partial charge in [-0.3, -0.25) is 14.5 Å². The molecule has 144 valence electrons. The van der Waals surface area contributed by atoms with Crippen molar-refractivity contribution in [1.29, 1.82) is 0 Å². The van der Waals surface area contributed by atoms with E-state index in [-0.39, 0.29) is 17.8 Å². The lowest BCUT2D eigenvalue weighted by molar-refractivity contribution is -0.142. The summed E-state index contributed by atoms with van der Waals surface area (Å²) in [5, 5.41) is 0. The monoisotopic (exact) mass is 361 g/mol. The SMILES string of the molecule is Cc1cc(C(=O)CN2CCN(C(=O)C3CCCO3)CC2)c(C)n1C(C)C. The number of amides is 1. The molecule has 3 rings (SSSR count). The molecule has 0 bridgehead atoms. The third-order valence-corrected chi connectivity index (χ3v) is 5.56. The molecular weight excluding hydrogens is 330 g/mol. The molecule has 0 aromatic carbocycles. The van der Waals surface area contributed by atoms with Crippen molar-refractivity contribution in [2.75, 3.05) is 39.3 Å². The van der Waals surface area contributed by atoms with Gasteiger partial charge in [-0.25, -0.2) is 0 Å². The van der Waals surface area contributed by atoms with Gasteiger partial charge in [-0.15, -0.1) is 0 Å². The largest absolute Gasteiger partial charge is 0.368 e. The summed E-state index contributed by atoms with van der Waals surface area (Å²) in [4.78, 5) is 29.2. The van der Waals surface area contributed by atoms with E-state index in [0.29, 0.717) is 32.3 Å². The van der Waals surface area contributed by atoms with Gasteiger partial charge in [0.2, 0.25) is 0 Å². The number of Topliss-reactive ketones (excluding diaryl/α,β-unsaturated/α-hetero) is 1. The average Bonchev–Trinajstić information content (AvgIpc) is 3.23. The van der Waals surface area contributed by atoms with Gasteiger partial charge in [-0.2, -0.15) is 0 Å².